The summed E-state index contributed by atoms with van der Waals surface area (Å²) in [5, 5.41) is 4.01. The van der Waals surface area contributed by atoms with Crippen LogP contribution in [0.25, 0.3) is 0 Å². The monoisotopic (exact) mass is 354 g/mol. The second-order valence-corrected chi connectivity index (χ2v) is 5.33. The molecule has 1 N–H and O–H groups in total. The van der Waals surface area contributed by atoms with Gasteiger partial charge in [-0.05, 0) is 38.5 Å². The third-order valence-electron chi connectivity index (χ3n) is 2.90. The number of hydrogen-bond donors (Lipinski definition) is 1. The first kappa shape index (κ1) is 17.4. The van der Waals surface area contributed by atoms with E-state index in [1.165, 1.54) is 0 Å². The Morgan fingerprint density at radius 3 is 2.67 bits per heavy atom. The van der Waals surface area contributed by atoms with Crippen LogP contribution in [0.4, 0.5) is 0 Å². The van der Waals surface area contributed by atoms with Gasteiger partial charge in [-0.15, -0.1) is 0 Å². The van der Waals surface area contributed by atoms with Crippen molar-refractivity contribution in [3.05, 3.63) is 34.3 Å². The SMILES string of the molecule is CCOC(=O)[C@H](CC)C(C)=NNC(=O)c1cccc(Br)c1. The van der Waals surface area contributed by atoms with E-state index in [0.29, 0.717) is 24.3 Å². The maximum Gasteiger partial charge on any atom is 0.314 e. The van der Waals surface area contributed by atoms with Gasteiger partial charge in [-0.2, -0.15) is 5.10 Å². The molecule has 1 rings (SSSR count). The number of benzene rings is 1. The second-order valence-electron chi connectivity index (χ2n) is 4.42. The Morgan fingerprint density at radius 1 is 1.38 bits per heavy atom. The third kappa shape index (κ3) is 5.30. The molecule has 0 aliphatic rings. The molecule has 6 heteroatoms. The number of carbonyl (C=O) groups is 2. The molecule has 0 saturated heterocycles. The van der Waals surface area contributed by atoms with Crippen LogP contribution in [-0.4, -0.2) is 24.2 Å². The molecule has 0 aliphatic carbocycles. The summed E-state index contributed by atoms with van der Waals surface area (Å²) in [6.07, 6.45) is 0.570. The largest absolute Gasteiger partial charge is 0.465 e. The highest BCUT2D eigenvalue weighted by atomic mass is 79.9. The van der Waals surface area contributed by atoms with Crippen LogP contribution in [0.3, 0.4) is 0 Å². The highest BCUT2D eigenvalue weighted by Crippen LogP contribution is 2.12. The summed E-state index contributed by atoms with van der Waals surface area (Å²) in [7, 11) is 0. The predicted octanol–water partition coefficient (Wildman–Crippen LogP) is 3.14. The smallest absolute Gasteiger partial charge is 0.314 e. The summed E-state index contributed by atoms with van der Waals surface area (Å²) in [6, 6.07) is 6.98. The molecule has 1 aromatic carbocycles. The van der Waals surface area contributed by atoms with Gasteiger partial charge >= 0.3 is 5.97 Å². The molecule has 0 saturated carbocycles. The number of hydrogen-bond acceptors (Lipinski definition) is 4. The molecular weight excluding hydrogens is 336 g/mol. The van der Waals surface area contributed by atoms with Crippen LogP contribution in [0.2, 0.25) is 0 Å². The lowest BCUT2D eigenvalue weighted by Gasteiger charge is -2.13. The van der Waals surface area contributed by atoms with Gasteiger partial charge in [-0.3, -0.25) is 9.59 Å². The molecule has 1 aromatic rings. The highest BCUT2D eigenvalue weighted by molar-refractivity contribution is 9.10. The van der Waals surface area contributed by atoms with Crippen molar-refractivity contribution >= 4 is 33.5 Å². The summed E-state index contributed by atoms with van der Waals surface area (Å²) < 4.78 is 5.80. The summed E-state index contributed by atoms with van der Waals surface area (Å²) in [6.45, 7) is 5.65. The second kappa shape index (κ2) is 8.56. The van der Waals surface area contributed by atoms with Crippen molar-refractivity contribution in [1.82, 2.24) is 5.43 Å². The van der Waals surface area contributed by atoms with E-state index in [4.69, 9.17) is 4.74 Å². The zero-order valence-corrected chi connectivity index (χ0v) is 13.9. The van der Waals surface area contributed by atoms with Gasteiger partial charge in [0.25, 0.3) is 5.91 Å². The van der Waals surface area contributed by atoms with Gasteiger partial charge in [0.15, 0.2) is 0 Å². The van der Waals surface area contributed by atoms with Gasteiger partial charge in [-0.1, -0.05) is 28.9 Å². The van der Waals surface area contributed by atoms with Gasteiger partial charge < -0.3 is 4.74 Å². The number of ether oxygens (including phenoxy) is 1. The minimum atomic E-state index is -0.437. The molecule has 114 valence electrons. The Bertz CT molecular complexity index is 543. The number of nitrogens with one attached hydrogen (secondary N) is 1. The first-order chi connectivity index (χ1) is 9.99. The van der Waals surface area contributed by atoms with Crippen molar-refractivity contribution in [3.63, 3.8) is 0 Å². The molecule has 5 nitrogen and oxygen atoms in total. The van der Waals surface area contributed by atoms with Gasteiger partial charge in [0, 0.05) is 15.7 Å². The highest BCUT2D eigenvalue weighted by Gasteiger charge is 2.21. The zero-order valence-electron chi connectivity index (χ0n) is 12.4. The Labute approximate surface area is 132 Å². The molecule has 1 amide bonds. The Kier molecular flexibility index (Phi) is 7.08. The van der Waals surface area contributed by atoms with Gasteiger partial charge in [-0.25, -0.2) is 5.43 Å². The number of hydrazone groups is 1. The number of esters is 1. The first-order valence-electron chi connectivity index (χ1n) is 6.76. The van der Waals surface area contributed by atoms with Gasteiger partial charge in [0.1, 0.15) is 0 Å². The first-order valence-corrected chi connectivity index (χ1v) is 7.55. The fourth-order valence-electron chi connectivity index (χ4n) is 1.79. The van der Waals surface area contributed by atoms with E-state index >= 15 is 0 Å². The summed E-state index contributed by atoms with van der Waals surface area (Å²) in [4.78, 5) is 23.7. The summed E-state index contributed by atoms with van der Waals surface area (Å²) in [5.74, 6) is -1.08. The average Bonchev–Trinajstić information content (AvgIpc) is 2.45. The van der Waals surface area contributed by atoms with Crippen LogP contribution >= 0.6 is 15.9 Å². The number of nitrogens with zero attached hydrogens (tertiary/aromatic N) is 1. The minimum Gasteiger partial charge on any atom is -0.465 e. The molecule has 0 aromatic heterocycles. The van der Waals surface area contributed by atoms with E-state index in [-0.39, 0.29) is 11.9 Å². The van der Waals surface area contributed by atoms with Crippen molar-refractivity contribution in [3.8, 4) is 0 Å². The van der Waals surface area contributed by atoms with Crippen molar-refractivity contribution in [2.45, 2.75) is 27.2 Å². The Balaban J connectivity index is 2.74. The lowest BCUT2D eigenvalue weighted by molar-refractivity contribution is -0.145. The molecule has 21 heavy (non-hydrogen) atoms. The van der Waals surface area contributed by atoms with Gasteiger partial charge in [0.05, 0.1) is 12.5 Å². The molecule has 0 radical (unpaired) electrons. The predicted molar refractivity (Wildman–Crippen MR) is 85.1 cm³/mol. The molecule has 0 spiro atoms. The van der Waals surface area contributed by atoms with Crippen molar-refractivity contribution in [1.29, 1.82) is 0 Å². The molecule has 0 bridgehead atoms. The number of carbonyl (C=O) groups excluding carboxylic acids is 2. The molecular formula is C15H19BrN2O3. The van der Waals surface area contributed by atoms with E-state index in [9.17, 15) is 9.59 Å². The summed E-state index contributed by atoms with van der Waals surface area (Å²) >= 11 is 3.30. The lowest BCUT2D eigenvalue weighted by Crippen LogP contribution is -2.27. The molecule has 1 atom stereocenters. The normalized spacial score (nSPS) is 12.7. The Morgan fingerprint density at radius 2 is 2.10 bits per heavy atom. The average molecular weight is 355 g/mol. The Hall–Kier alpha value is -1.69. The molecule has 0 fully saturated rings. The van der Waals surface area contributed by atoms with Crippen molar-refractivity contribution in [2.75, 3.05) is 6.61 Å². The van der Waals surface area contributed by atoms with Gasteiger partial charge in [0.2, 0.25) is 0 Å². The fourth-order valence-corrected chi connectivity index (χ4v) is 2.19. The minimum absolute atomic E-state index is 0.321. The quantitative estimate of drug-likeness (QED) is 0.484. The maximum absolute atomic E-state index is 12.0. The molecule has 0 aliphatic heterocycles. The van der Waals surface area contributed by atoms with Crippen molar-refractivity contribution < 1.29 is 14.3 Å². The molecule has 0 heterocycles. The topological polar surface area (TPSA) is 67.8 Å². The number of amides is 1. The van der Waals surface area contributed by atoms with E-state index in [0.717, 1.165) is 4.47 Å². The van der Waals surface area contributed by atoms with E-state index in [1.54, 1.807) is 32.0 Å². The number of rotatable bonds is 6. The number of halogens is 1. The van der Waals surface area contributed by atoms with Crippen LogP contribution in [-0.2, 0) is 9.53 Å². The van der Waals surface area contributed by atoms with Crippen LogP contribution in [0.1, 0.15) is 37.6 Å². The molecule has 0 unspecified atom stereocenters. The standard InChI is InChI=1S/C15H19BrN2O3/c1-4-13(15(20)21-5-2)10(3)17-18-14(19)11-7-6-8-12(16)9-11/h6-9,13H,4-5H2,1-3H3,(H,18,19)/t13-/m1/s1. The third-order valence-corrected chi connectivity index (χ3v) is 3.40. The van der Waals surface area contributed by atoms with Crippen molar-refractivity contribution in [2.24, 2.45) is 11.0 Å². The fraction of sp³-hybridized carbons (Fsp3) is 0.400. The lowest BCUT2D eigenvalue weighted by atomic mass is 10.0. The zero-order chi connectivity index (χ0) is 15.8. The van der Waals surface area contributed by atoms with E-state index in [2.05, 4.69) is 26.5 Å². The van der Waals surface area contributed by atoms with E-state index in [1.807, 2.05) is 13.0 Å². The maximum atomic E-state index is 12.0. The van der Waals surface area contributed by atoms with E-state index < -0.39 is 5.92 Å². The summed E-state index contributed by atoms with van der Waals surface area (Å²) in [5.41, 5.74) is 3.48. The van der Waals surface area contributed by atoms with Crippen LogP contribution in [0.5, 0.6) is 0 Å². The van der Waals surface area contributed by atoms with Crippen LogP contribution < -0.4 is 5.43 Å². The van der Waals surface area contributed by atoms with Crippen LogP contribution in [0, 0.1) is 5.92 Å². The van der Waals surface area contributed by atoms with Crippen LogP contribution in [0.15, 0.2) is 33.8 Å².